The Morgan fingerprint density at radius 1 is 1.53 bits per heavy atom. The number of nitrogens with two attached hydrogens (primary N) is 1. The molecule has 0 saturated heterocycles. The van der Waals surface area contributed by atoms with Gasteiger partial charge in [0.15, 0.2) is 0 Å². The average molecular weight is 332 g/mol. The molecule has 0 bridgehead atoms. The zero-order chi connectivity index (χ0) is 12.6. The zero-order valence-electron chi connectivity index (χ0n) is 8.99. The molecule has 90 valence electrons. The maximum Gasteiger partial charge on any atom is 0.348 e. The minimum atomic E-state index is -0.957. The first kappa shape index (κ1) is 12.6. The van der Waals surface area contributed by atoms with Crippen LogP contribution in [0.2, 0.25) is 0 Å². The Kier molecular flexibility index (Phi) is 3.56. The molecule has 0 radical (unpaired) electrons. The number of thiophene rings is 2. The van der Waals surface area contributed by atoms with Crippen LogP contribution in [-0.2, 0) is 6.42 Å². The second-order valence-electron chi connectivity index (χ2n) is 3.41. The van der Waals surface area contributed by atoms with Crippen molar-refractivity contribution in [3.63, 3.8) is 0 Å². The molecule has 17 heavy (non-hydrogen) atoms. The summed E-state index contributed by atoms with van der Waals surface area (Å²) in [4.78, 5) is 13.3. The van der Waals surface area contributed by atoms with Crippen molar-refractivity contribution in [1.29, 1.82) is 0 Å². The predicted octanol–water partition coefficient (Wildman–Crippen LogP) is 4.08. The van der Waals surface area contributed by atoms with Crippen LogP contribution in [0.15, 0.2) is 15.9 Å². The Hall–Kier alpha value is -0.850. The van der Waals surface area contributed by atoms with Gasteiger partial charge in [-0.05, 0) is 39.4 Å². The highest BCUT2D eigenvalue weighted by atomic mass is 79.9. The van der Waals surface area contributed by atoms with Crippen LogP contribution in [0.25, 0.3) is 9.75 Å². The highest BCUT2D eigenvalue weighted by Crippen LogP contribution is 2.44. The van der Waals surface area contributed by atoms with Gasteiger partial charge in [-0.1, -0.05) is 6.92 Å². The van der Waals surface area contributed by atoms with Gasteiger partial charge in [0.1, 0.15) is 4.88 Å². The van der Waals surface area contributed by atoms with E-state index in [1.807, 2.05) is 18.4 Å². The Balaban J connectivity index is 2.66. The lowest BCUT2D eigenvalue weighted by molar-refractivity contribution is 0.0703. The number of rotatable bonds is 3. The van der Waals surface area contributed by atoms with Crippen molar-refractivity contribution in [1.82, 2.24) is 0 Å². The molecular weight excluding hydrogens is 322 g/mol. The lowest BCUT2D eigenvalue weighted by atomic mass is 10.1. The summed E-state index contributed by atoms with van der Waals surface area (Å²) < 4.78 is 0.982. The Bertz CT molecular complexity index is 574. The van der Waals surface area contributed by atoms with Crippen molar-refractivity contribution < 1.29 is 9.90 Å². The minimum Gasteiger partial charge on any atom is -0.477 e. The molecular formula is C11H10BrNO2S2. The molecule has 2 heterocycles. The van der Waals surface area contributed by atoms with E-state index in [-0.39, 0.29) is 4.88 Å². The predicted molar refractivity (Wildman–Crippen MR) is 76.1 cm³/mol. The molecule has 2 aromatic rings. The molecule has 6 heteroatoms. The fourth-order valence-electron chi connectivity index (χ4n) is 1.63. The van der Waals surface area contributed by atoms with Gasteiger partial charge in [0.05, 0.1) is 15.4 Å². The average Bonchev–Trinajstić information content (AvgIpc) is 2.81. The molecule has 0 spiro atoms. The third kappa shape index (κ3) is 2.12. The second-order valence-corrected chi connectivity index (χ2v) is 6.20. The number of hydrogen-bond acceptors (Lipinski definition) is 4. The third-order valence-electron chi connectivity index (χ3n) is 2.42. The van der Waals surface area contributed by atoms with Crippen LogP contribution in [0.5, 0.6) is 0 Å². The SMILES string of the molecule is CCc1c(-c2sccc2Br)sc(C(=O)O)c1N. The molecule has 2 aromatic heterocycles. The lowest BCUT2D eigenvalue weighted by Gasteiger charge is -2.00. The summed E-state index contributed by atoms with van der Waals surface area (Å²) in [5.41, 5.74) is 7.22. The van der Waals surface area contributed by atoms with E-state index in [2.05, 4.69) is 15.9 Å². The number of carbonyl (C=O) groups is 1. The number of carboxylic acids is 1. The number of nitrogen functional groups attached to an aromatic ring is 1. The lowest BCUT2D eigenvalue weighted by Crippen LogP contribution is -1.99. The molecule has 3 nitrogen and oxygen atoms in total. The third-order valence-corrected chi connectivity index (χ3v) is 5.66. The van der Waals surface area contributed by atoms with Gasteiger partial charge in [-0.3, -0.25) is 0 Å². The fourth-order valence-corrected chi connectivity index (χ4v) is 4.67. The minimum absolute atomic E-state index is 0.233. The summed E-state index contributed by atoms with van der Waals surface area (Å²) in [6.45, 7) is 1.98. The number of anilines is 1. The molecule has 0 fully saturated rings. The van der Waals surface area contributed by atoms with Crippen LogP contribution < -0.4 is 5.73 Å². The van der Waals surface area contributed by atoms with E-state index in [9.17, 15) is 4.79 Å². The van der Waals surface area contributed by atoms with Crippen molar-refractivity contribution in [2.45, 2.75) is 13.3 Å². The molecule has 2 rings (SSSR count). The maximum absolute atomic E-state index is 11.1. The standard InChI is InChI=1S/C11H10BrNO2S2/c1-2-5-7(13)10(11(14)15)17-8(5)9-6(12)3-4-16-9/h3-4H,2,13H2,1H3,(H,14,15). The zero-order valence-corrected chi connectivity index (χ0v) is 12.2. The van der Waals surface area contributed by atoms with Gasteiger partial charge in [0.25, 0.3) is 0 Å². The van der Waals surface area contributed by atoms with Crippen molar-refractivity contribution in [2.24, 2.45) is 0 Å². The topological polar surface area (TPSA) is 63.3 Å². The monoisotopic (exact) mass is 331 g/mol. The van der Waals surface area contributed by atoms with Crippen LogP contribution in [0.1, 0.15) is 22.2 Å². The summed E-state index contributed by atoms with van der Waals surface area (Å²) >= 11 is 6.29. The first-order valence-corrected chi connectivity index (χ1v) is 7.43. The van der Waals surface area contributed by atoms with Gasteiger partial charge in [0.2, 0.25) is 0 Å². The normalized spacial score (nSPS) is 10.7. The van der Waals surface area contributed by atoms with Gasteiger partial charge >= 0.3 is 5.97 Å². The summed E-state index contributed by atoms with van der Waals surface area (Å²) in [6, 6.07) is 1.95. The molecule has 0 saturated carbocycles. The van der Waals surface area contributed by atoms with E-state index in [0.29, 0.717) is 5.69 Å². The molecule has 0 aliphatic heterocycles. The van der Waals surface area contributed by atoms with E-state index >= 15 is 0 Å². The van der Waals surface area contributed by atoms with Crippen LogP contribution in [0.4, 0.5) is 5.69 Å². The quantitative estimate of drug-likeness (QED) is 0.890. The number of hydrogen-bond donors (Lipinski definition) is 2. The summed E-state index contributed by atoms with van der Waals surface area (Å²) in [7, 11) is 0. The van der Waals surface area contributed by atoms with Crippen LogP contribution >= 0.6 is 38.6 Å². The van der Waals surface area contributed by atoms with Gasteiger partial charge in [0, 0.05) is 4.47 Å². The molecule has 0 aliphatic carbocycles. The van der Waals surface area contributed by atoms with E-state index in [1.165, 1.54) is 11.3 Å². The van der Waals surface area contributed by atoms with Crippen LogP contribution in [-0.4, -0.2) is 11.1 Å². The Morgan fingerprint density at radius 2 is 2.24 bits per heavy atom. The molecule has 3 N–H and O–H groups in total. The highest BCUT2D eigenvalue weighted by Gasteiger charge is 2.21. The van der Waals surface area contributed by atoms with Gasteiger partial charge in [-0.15, -0.1) is 22.7 Å². The highest BCUT2D eigenvalue weighted by molar-refractivity contribution is 9.10. The van der Waals surface area contributed by atoms with E-state index in [4.69, 9.17) is 10.8 Å². The second kappa shape index (κ2) is 4.80. The molecule has 0 unspecified atom stereocenters. The summed E-state index contributed by atoms with van der Waals surface area (Å²) in [5.74, 6) is -0.957. The van der Waals surface area contributed by atoms with E-state index in [1.54, 1.807) is 11.3 Å². The molecule has 0 aromatic carbocycles. The smallest absolute Gasteiger partial charge is 0.348 e. The van der Waals surface area contributed by atoms with E-state index < -0.39 is 5.97 Å². The van der Waals surface area contributed by atoms with Gasteiger partial charge in [-0.25, -0.2) is 4.79 Å². The van der Waals surface area contributed by atoms with Crippen molar-refractivity contribution >= 4 is 50.3 Å². The Morgan fingerprint density at radius 3 is 2.71 bits per heavy atom. The number of aromatic carboxylic acids is 1. The van der Waals surface area contributed by atoms with E-state index in [0.717, 1.165) is 26.2 Å². The number of halogens is 1. The fraction of sp³-hybridized carbons (Fsp3) is 0.182. The van der Waals surface area contributed by atoms with Crippen molar-refractivity contribution in [3.8, 4) is 9.75 Å². The number of carboxylic acid groups (broad SMARTS) is 1. The van der Waals surface area contributed by atoms with Gasteiger partial charge < -0.3 is 10.8 Å². The first-order valence-electron chi connectivity index (χ1n) is 4.94. The summed E-state index contributed by atoms with van der Waals surface area (Å²) in [5, 5.41) is 11.1. The van der Waals surface area contributed by atoms with Gasteiger partial charge in [-0.2, -0.15) is 0 Å². The first-order chi connectivity index (χ1) is 8.06. The molecule has 0 aliphatic rings. The largest absolute Gasteiger partial charge is 0.477 e. The molecule has 0 amide bonds. The van der Waals surface area contributed by atoms with Crippen molar-refractivity contribution in [2.75, 3.05) is 5.73 Å². The maximum atomic E-state index is 11.1. The Labute approximate surface area is 115 Å². The summed E-state index contributed by atoms with van der Waals surface area (Å²) in [6.07, 6.45) is 0.731. The van der Waals surface area contributed by atoms with Crippen LogP contribution in [0, 0.1) is 0 Å². The molecule has 0 atom stereocenters. The van der Waals surface area contributed by atoms with Crippen molar-refractivity contribution in [3.05, 3.63) is 26.4 Å². The van der Waals surface area contributed by atoms with Crippen LogP contribution in [0.3, 0.4) is 0 Å².